The maximum absolute atomic E-state index is 12.8. The molecule has 0 bridgehead atoms. The summed E-state index contributed by atoms with van der Waals surface area (Å²) in [7, 11) is 0. The SMILES string of the molecule is C=CCc1cccc(C=N)c1O.NC(=O)CN1CCN(Cc2ccc(F)cc2)CC1. The minimum Gasteiger partial charge on any atom is -0.507 e. The van der Waals surface area contributed by atoms with E-state index < -0.39 is 0 Å². The van der Waals surface area contributed by atoms with Crippen LogP contribution in [0.15, 0.2) is 55.1 Å². The second-order valence-corrected chi connectivity index (χ2v) is 7.14. The van der Waals surface area contributed by atoms with E-state index in [9.17, 15) is 14.3 Å². The molecule has 1 amide bonds. The van der Waals surface area contributed by atoms with E-state index in [1.807, 2.05) is 24.3 Å². The van der Waals surface area contributed by atoms with Crippen molar-refractivity contribution in [2.24, 2.45) is 5.73 Å². The van der Waals surface area contributed by atoms with Gasteiger partial charge in [-0.15, -0.1) is 6.58 Å². The maximum atomic E-state index is 12.8. The molecule has 2 aromatic carbocycles. The number of amides is 1. The number of carbonyl (C=O) groups is 1. The predicted octanol–water partition coefficient (Wildman–Crippen LogP) is 2.55. The number of nitrogens with zero attached hydrogens (tertiary/aromatic N) is 2. The van der Waals surface area contributed by atoms with Gasteiger partial charge in [0.25, 0.3) is 0 Å². The van der Waals surface area contributed by atoms with Crippen molar-refractivity contribution >= 4 is 12.1 Å². The zero-order valence-electron chi connectivity index (χ0n) is 17.1. The normalized spacial score (nSPS) is 14.4. The molecular weight excluding hydrogens is 383 g/mol. The van der Waals surface area contributed by atoms with Crippen LogP contribution in [0, 0.1) is 11.2 Å². The topological polar surface area (TPSA) is 93.6 Å². The Morgan fingerprint density at radius 1 is 1.13 bits per heavy atom. The molecule has 0 unspecified atom stereocenters. The number of benzene rings is 2. The smallest absolute Gasteiger partial charge is 0.231 e. The molecule has 30 heavy (non-hydrogen) atoms. The molecule has 2 aromatic rings. The summed E-state index contributed by atoms with van der Waals surface area (Å²) in [5, 5.41) is 16.5. The summed E-state index contributed by atoms with van der Waals surface area (Å²) in [6.45, 7) is 8.26. The molecule has 0 atom stereocenters. The van der Waals surface area contributed by atoms with E-state index in [0.717, 1.165) is 50.1 Å². The molecule has 0 radical (unpaired) electrons. The lowest BCUT2D eigenvalue weighted by molar-refractivity contribution is -0.119. The van der Waals surface area contributed by atoms with Crippen LogP contribution in [0.1, 0.15) is 16.7 Å². The van der Waals surface area contributed by atoms with E-state index in [4.69, 9.17) is 11.1 Å². The number of hydrogen-bond acceptors (Lipinski definition) is 5. The fourth-order valence-electron chi connectivity index (χ4n) is 3.22. The minimum atomic E-state index is -0.276. The van der Waals surface area contributed by atoms with Crippen LogP contribution in [0.25, 0.3) is 0 Å². The molecule has 0 saturated carbocycles. The summed E-state index contributed by atoms with van der Waals surface area (Å²) >= 11 is 0. The lowest BCUT2D eigenvalue weighted by atomic mass is 10.1. The zero-order chi connectivity index (χ0) is 21.9. The highest BCUT2D eigenvalue weighted by atomic mass is 19.1. The number of rotatable bonds is 7. The minimum absolute atomic E-state index is 0.187. The Morgan fingerprint density at radius 3 is 2.33 bits per heavy atom. The van der Waals surface area contributed by atoms with E-state index in [2.05, 4.69) is 16.4 Å². The fourth-order valence-corrected chi connectivity index (χ4v) is 3.22. The van der Waals surface area contributed by atoms with Gasteiger partial charge >= 0.3 is 0 Å². The number of nitrogens with one attached hydrogen (secondary N) is 1. The molecule has 0 aliphatic carbocycles. The summed E-state index contributed by atoms with van der Waals surface area (Å²) in [6, 6.07) is 11.9. The molecule has 1 heterocycles. The van der Waals surface area contributed by atoms with Crippen LogP contribution >= 0.6 is 0 Å². The van der Waals surface area contributed by atoms with E-state index in [1.54, 1.807) is 12.1 Å². The Bertz CT molecular complexity index is 847. The molecule has 160 valence electrons. The summed E-state index contributed by atoms with van der Waals surface area (Å²) < 4.78 is 12.8. The first kappa shape index (κ1) is 23.3. The van der Waals surface area contributed by atoms with Crippen LogP contribution in [-0.2, 0) is 17.8 Å². The third-order valence-electron chi connectivity index (χ3n) is 4.83. The molecule has 3 rings (SSSR count). The van der Waals surface area contributed by atoms with Crippen LogP contribution < -0.4 is 5.73 Å². The number of primary amides is 1. The van der Waals surface area contributed by atoms with Crippen molar-refractivity contribution in [2.45, 2.75) is 13.0 Å². The van der Waals surface area contributed by atoms with Crippen molar-refractivity contribution < 1.29 is 14.3 Å². The zero-order valence-corrected chi connectivity index (χ0v) is 17.1. The molecule has 1 saturated heterocycles. The van der Waals surface area contributed by atoms with Gasteiger partial charge in [0.1, 0.15) is 11.6 Å². The van der Waals surface area contributed by atoms with Gasteiger partial charge in [-0.25, -0.2) is 4.39 Å². The standard InChI is InChI=1S/C13H18FN3O.C10H11NO/c14-12-3-1-11(2-4-12)9-16-5-7-17(8-6-16)10-13(15)18;1-2-4-8-5-3-6-9(7-11)10(8)12/h1-4H,5-10H2,(H2,15,18);2-3,5-7,11-12H,1,4H2. The molecule has 1 aliphatic heterocycles. The first-order chi connectivity index (χ1) is 14.4. The van der Waals surface area contributed by atoms with Gasteiger partial charge in [-0.1, -0.05) is 30.3 Å². The molecule has 4 N–H and O–H groups in total. The Kier molecular flexibility index (Phi) is 9.18. The largest absolute Gasteiger partial charge is 0.507 e. The maximum Gasteiger partial charge on any atom is 0.231 e. The number of para-hydroxylation sites is 1. The van der Waals surface area contributed by atoms with Gasteiger partial charge in [-0.05, 0) is 35.7 Å². The summed E-state index contributed by atoms with van der Waals surface area (Å²) in [6.07, 6.45) is 3.50. The van der Waals surface area contributed by atoms with Crippen LogP contribution in [0.4, 0.5) is 4.39 Å². The second kappa shape index (κ2) is 11.8. The van der Waals surface area contributed by atoms with Crippen molar-refractivity contribution in [1.82, 2.24) is 9.80 Å². The van der Waals surface area contributed by atoms with E-state index >= 15 is 0 Å². The number of nitrogens with two attached hydrogens (primary N) is 1. The summed E-state index contributed by atoms with van der Waals surface area (Å²) in [5.74, 6) is -0.292. The van der Waals surface area contributed by atoms with Crippen molar-refractivity contribution in [3.63, 3.8) is 0 Å². The third-order valence-corrected chi connectivity index (χ3v) is 4.83. The number of halogens is 1. The first-order valence-corrected chi connectivity index (χ1v) is 9.82. The van der Waals surface area contributed by atoms with E-state index in [-0.39, 0.29) is 17.5 Å². The summed E-state index contributed by atoms with van der Waals surface area (Å²) in [4.78, 5) is 15.2. The molecule has 0 aromatic heterocycles. The summed E-state index contributed by atoms with van der Waals surface area (Å²) in [5.41, 5.74) is 7.64. The Hall–Kier alpha value is -3.03. The van der Waals surface area contributed by atoms with Crippen LogP contribution in [0.2, 0.25) is 0 Å². The van der Waals surface area contributed by atoms with Crippen LogP contribution in [-0.4, -0.2) is 59.8 Å². The predicted molar refractivity (Wildman–Crippen MR) is 117 cm³/mol. The Labute approximate surface area is 176 Å². The van der Waals surface area contributed by atoms with Crippen molar-refractivity contribution in [1.29, 1.82) is 5.41 Å². The molecule has 6 nitrogen and oxygen atoms in total. The van der Waals surface area contributed by atoms with Gasteiger partial charge in [-0.3, -0.25) is 14.6 Å². The molecule has 1 fully saturated rings. The average molecular weight is 413 g/mol. The number of aromatic hydroxyl groups is 1. The number of hydrogen-bond donors (Lipinski definition) is 3. The van der Waals surface area contributed by atoms with Gasteiger partial charge in [0, 0.05) is 44.5 Å². The number of phenolic OH excluding ortho intramolecular Hbond substituents is 1. The van der Waals surface area contributed by atoms with Crippen LogP contribution in [0.3, 0.4) is 0 Å². The van der Waals surface area contributed by atoms with Gasteiger partial charge in [0.05, 0.1) is 6.54 Å². The third kappa shape index (κ3) is 7.42. The Morgan fingerprint density at radius 2 is 1.77 bits per heavy atom. The monoisotopic (exact) mass is 412 g/mol. The van der Waals surface area contributed by atoms with Gasteiger partial charge in [0.15, 0.2) is 0 Å². The highest BCUT2D eigenvalue weighted by Gasteiger charge is 2.17. The lowest BCUT2D eigenvalue weighted by Gasteiger charge is -2.33. The fraction of sp³-hybridized carbons (Fsp3) is 0.304. The molecular formula is C23H29FN4O2. The number of carbonyl (C=O) groups excluding carboxylic acids is 1. The highest BCUT2D eigenvalue weighted by molar-refractivity contribution is 5.81. The first-order valence-electron chi connectivity index (χ1n) is 9.82. The highest BCUT2D eigenvalue weighted by Crippen LogP contribution is 2.21. The van der Waals surface area contributed by atoms with Crippen LogP contribution in [0.5, 0.6) is 5.75 Å². The molecule has 1 aliphatic rings. The number of allylic oxidation sites excluding steroid dienone is 1. The Balaban J connectivity index is 0.000000232. The molecule has 0 spiro atoms. The number of piperazine rings is 1. The lowest BCUT2D eigenvalue weighted by Crippen LogP contribution is -2.48. The van der Waals surface area contributed by atoms with Crippen molar-refractivity contribution in [2.75, 3.05) is 32.7 Å². The number of phenols is 1. The van der Waals surface area contributed by atoms with Gasteiger partial charge < -0.3 is 16.2 Å². The molecule has 7 heteroatoms. The quantitative estimate of drug-likeness (QED) is 0.481. The van der Waals surface area contributed by atoms with Crippen molar-refractivity contribution in [3.05, 3.63) is 77.6 Å². The van der Waals surface area contributed by atoms with Gasteiger partial charge in [-0.2, -0.15) is 0 Å². The van der Waals surface area contributed by atoms with E-state index in [0.29, 0.717) is 18.5 Å². The van der Waals surface area contributed by atoms with Crippen molar-refractivity contribution in [3.8, 4) is 5.75 Å². The second-order valence-electron chi connectivity index (χ2n) is 7.14. The van der Waals surface area contributed by atoms with E-state index in [1.165, 1.54) is 12.1 Å². The average Bonchev–Trinajstić information content (AvgIpc) is 2.73. The van der Waals surface area contributed by atoms with Gasteiger partial charge in [0.2, 0.25) is 5.91 Å².